The van der Waals surface area contributed by atoms with Gasteiger partial charge in [0, 0.05) is 34.7 Å². The predicted octanol–water partition coefficient (Wildman–Crippen LogP) is 3.50. The van der Waals surface area contributed by atoms with Crippen molar-refractivity contribution >= 4 is 38.7 Å². The molecule has 0 aliphatic rings. The topological polar surface area (TPSA) is 73.4 Å². The maximum atomic E-state index is 12.8. The van der Waals surface area contributed by atoms with Gasteiger partial charge < -0.3 is 15.0 Å². The molecule has 0 aliphatic heterocycles. The summed E-state index contributed by atoms with van der Waals surface area (Å²) in [6.07, 6.45) is 1.63. The Labute approximate surface area is 137 Å². The average molecular weight is 367 g/mol. The van der Waals surface area contributed by atoms with Crippen LogP contribution in [-0.4, -0.2) is 40.0 Å². The number of H-pyrrole nitrogens is 1. The molecule has 0 fully saturated rings. The van der Waals surface area contributed by atoms with E-state index in [0.29, 0.717) is 12.1 Å². The molecule has 0 bridgehead atoms. The Bertz CT molecular complexity index is 694. The van der Waals surface area contributed by atoms with Crippen molar-refractivity contribution in [3.05, 3.63) is 34.4 Å². The summed E-state index contributed by atoms with van der Waals surface area (Å²) in [5.74, 6) is -0.777. The minimum absolute atomic E-state index is 0.0536. The van der Waals surface area contributed by atoms with E-state index in [1.165, 1.54) is 0 Å². The lowest BCUT2D eigenvalue weighted by molar-refractivity contribution is -0.137. The third-order valence-electron chi connectivity index (χ3n) is 3.35. The second kappa shape index (κ2) is 6.96. The normalized spacial score (nSPS) is 11.1. The number of aliphatic carboxylic acids is 1. The second-order valence-corrected chi connectivity index (χ2v) is 6.51. The van der Waals surface area contributed by atoms with Crippen molar-refractivity contribution in [2.24, 2.45) is 5.92 Å². The Hall–Kier alpha value is -1.82. The first-order valence-corrected chi connectivity index (χ1v) is 7.96. The lowest BCUT2D eigenvalue weighted by Gasteiger charge is -2.24. The molecule has 0 saturated carbocycles. The van der Waals surface area contributed by atoms with Gasteiger partial charge in [-0.1, -0.05) is 35.8 Å². The first-order valence-electron chi connectivity index (χ1n) is 7.16. The number of fused-ring (bicyclic) bond motifs is 1. The molecule has 0 atom stereocenters. The highest BCUT2D eigenvalue weighted by molar-refractivity contribution is 9.10. The van der Waals surface area contributed by atoms with Crippen LogP contribution >= 0.6 is 15.9 Å². The molecule has 118 valence electrons. The fourth-order valence-electron chi connectivity index (χ4n) is 2.43. The van der Waals surface area contributed by atoms with Gasteiger partial charge in [0.1, 0.15) is 0 Å². The van der Waals surface area contributed by atoms with Crippen LogP contribution in [0.3, 0.4) is 0 Å². The zero-order chi connectivity index (χ0) is 16.3. The van der Waals surface area contributed by atoms with Crippen LogP contribution in [0.4, 0.5) is 0 Å². The van der Waals surface area contributed by atoms with Crippen molar-refractivity contribution in [3.8, 4) is 0 Å². The summed E-state index contributed by atoms with van der Waals surface area (Å²) in [6, 6.07) is 5.69. The number of aromatic amines is 1. The van der Waals surface area contributed by atoms with Gasteiger partial charge in [-0.25, -0.2) is 0 Å². The SMILES string of the molecule is CC(C)CN(CCC(=O)O)C(=O)c1c[nH]c2cccc(Br)c12. The molecule has 1 aromatic carbocycles. The van der Waals surface area contributed by atoms with Gasteiger partial charge in [0.15, 0.2) is 0 Å². The van der Waals surface area contributed by atoms with Gasteiger partial charge in [-0.3, -0.25) is 9.59 Å². The summed E-state index contributed by atoms with van der Waals surface area (Å²) in [6.45, 7) is 4.76. The number of carboxylic acids is 1. The smallest absolute Gasteiger partial charge is 0.305 e. The summed E-state index contributed by atoms with van der Waals surface area (Å²) in [5.41, 5.74) is 1.44. The number of carboxylic acid groups (broad SMARTS) is 1. The van der Waals surface area contributed by atoms with Crippen molar-refractivity contribution in [2.45, 2.75) is 20.3 Å². The van der Waals surface area contributed by atoms with E-state index in [1.54, 1.807) is 11.1 Å². The zero-order valence-corrected chi connectivity index (χ0v) is 14.2. The first kappa shape index (κ1) is 16.5. The number of rotatable bonds is 6. The van der Waals surface area contributed by atoms with Gasteiger partial charge in [0.25, 0.3) is 5.91 Å². The van der Waals surface area contributed by atoms with Crippen LogP contribution in [0.15, 0.2) is 28.9 Å². The molecule has 5 nitrogen and oxygen atoms in total. The highest BCUT2D eigenvalue weighted by atomic mass is 79.9. The van der Waals surface area contributed by atoms with Crippen LogP contribution < -0.4 is 0 Å². The maximum absolute atomic E-state index is 12.8. The molecule has 0 unspecified atom stereocenters. The molecule has 0 radical (unpaired) electrons. The van der Waals surface area contributed by atoms with E-state index in [1.807, 2.05) is 32.0 Å². The standard InChI is InChI=1S/C16H19BrN2O3/c1-10(2)9-19(7-6-14(20)21)16(22)11-8-18-13-5-3-4-12(17)15(11)13/h3-5,8,10,18H,6-7,9H2,1-2H3,(H,20,21). The quantitative estimate of drug-likeness (QED) is 0.821. The molecule has 6 heteroatoms. The molecule has 2 rings (SSSR count). The number of carbonyl (C=O) groups is 2. The number of benzene rings is 1. The zero-order valence-electron chi connectivity index (χ0n) is 12.6. The number of nitrogens with zero attached hydrogens (tertiary/aromatic N) is 1. The molecule has 0 spiro atoms. The number of hydrogen-bond donors (Lipinski definition) is 2. The molecular formula is C16H19BrN2O3. The second-order valence-electron chi connectivity index (χ2n) is 5.65. The van der Waals surface area contributed by atoms with E-state index in [2.05, 4.69) is 20.9 Å². The van der Waals surface area contributed by atoms with Gasteiger partial charge in [-0.2, -0.15) is 0 Å². The van der Waals surface area contributed by atoms with E-state index in [9.17, 15) is 9.59 Å². The van der Waals surface area contributed by atoms with Crippen LogP contribution in [-0.2, 0) is 4.79 Å². The Morgan fingerprint density at radius 1 is 1.36 bits per heavy atom. The molecule has 1 amide bonds. The summed E-state index contributed by atoms with van der Waals surface area (Å²) in [5, 5.41) is 9.70. The van der Waals surface area contributed by atoms with E-state index in [4.69, 9.17) is 5.11 Å². The molecule has 22 heavy (non-hydrogen) atoms. The Morgan fingerprint density at radius 2 is 2.09 bits per heavy atom. The van der Waals surface area contributed by atoms with E-state index >= 15 is 0 Å². The highest BCUT2D eigenvalue weighted by Crippen LogP contribution is 2.28. The van der Waals surface area contributed by atoms with Crippen molar-refractivity contribution in [1.82, 2.24) is 9.88 Å². The number of nitrogens with one attached hydrogen (secondary N) is 1. The van der Waals surface area contributed by atoms with Crippen LogP contribution in [0.5, 0.6) is 0 Å². The summed E-state index contributed by atoms with van der Waals surface area (Å²) in [4.78, 5) is 28.3. The molecule has 1 heterocycles. The Morgan fingerprint density at radius 3 is 2.73 bits per heavy atom. The minimum Gasteiger partial charge on any atom is -0.481 e. The van der Waals surface area contributed by atoms with Crippen LogP contribution in [0, 0.1) is 5.92 Å². The number of hydrogen-bond acceptors (Lipinski definition) is 2. The van der Waals surface area contributed by atoms with Crippen LogP contribution in [0.25, 0.3) is 10.9 Å². The third-order valence-corrected chi connectivity index (χ3v) is 4.01. The van der Waals surface area contributed by atoms with Crippen molar-refractivity contribution in [1.29, 1.82) is 0 Å². The lowest BCUT2D eigenvalue weighted by Crippen LogP contribution is -2.35. The third kappa shape index (κ3) is 3.68. The fourth-order valence-corrected chi connectivity index (χ4v) is 3.01. The minimum atomic E-state index is -0.901. The molecule has 2 N–H and O–H groups in total. The van der Waals surface area contributed by atoms with Gasteiger partial charge in [0.2, 0.25) is 0 Å². The number of amides is 1. The number of carbonyl (C=O) groups excluding carboxylic acids is 1. The highest BCUT2D eigenvalue weighted by Gasteiger charge is 2.21. The largest absolute Gasteiger partial charge is 0.481 e. The van der Waals surface area contributed by atoms with Crippen LogP contribution in [0.1, 0.15) is 30.6 Å². The molecular weight excluding hydrogens is 348 g/mol. The maximum Gasteiger partial charge on any atom is 0.305 e. The van der Waals surface area contributed by atoms with Gasteiger partial charge in [-0.05, 0) is 18.1 Å². The fraction of sp³-hybridized carbons (Fsp3) is 0.375. The molecule has 2 aromatic rings. The summed E-state index contributed by atoms with van der Waals surface area (Å²) >= 11 is 3.47. The van der Waals surface area contributed by atoms with Gasteiger partial charge in [0.05, 0.1) is 12.0 Å². The molecule has 0 aliphatic carbocycles. The molecule has 0 saturated heterocycles. The monoisotopic (exact) mass is 366 g/mol. The van der Waals surface area contributed by atoms with Gasteiger partial charge >= 0.3 is 5.97 Å². The number of aromatic nitrogens is 1. The summed E-state index contributed by atoms with van der Waals surface area (Å²) in [7, 11) is 0. The first-order chi connectivity index (χ1) is 10.4. The number of halogens is 1. The lowest BCUT2D eigenvalue weighted by atomic mass is 10.1. The van der Waals surface area contributed by atoms with Crippen LogP contribution in [0.2, 0.25) is 0 Å². The average Bonchev–Trinajstić information content (AvgIpc) is 2.87. The van der Waals surface area contributed by atoms with E-state index < -0.39 is 5.97 Å². The van der Waals surface area contributed by atoms with E-state index in [-0.39, 0.29) is 24.8 Å². The Balaban J connectivity index is 2.33. The van der Waals surface area contributed by atoms with Crippen molar-refractivity contribution in [3.63, 3.8) is 0 Å². The van der Waals surface area contributed by atoms with Crippen molar-refractivity contribution in [2.75, 3.05) is 13.1 Å². The van der Waals surface area contributed by atoms with Crippen molar-refractivity contribution < 1.29 is 14.7 Å². The summed E-state index contributed by atoms with van der Waals surface area (Å²) < 4.78 is 0.845. The predicted molar refractivity (Wildman–Crippen MR) is 89.0 cm³/mol. The van der Waals surface area contributed by atoms with Gasteiger partial charge in [-0.15, -0.1) is 0 Å². The van der Waals surface area contributed by atoms with E-state index in [0.717, 1.165) is 15.4 Å². The Kier molecular flexibility index (Phi) is 5.24. The molecule has 1 aromatic heterocycles.